The molecule has 0 saturated heterocycles. The van der Waals surface area contributed by atoms with Crippen molar-refractivity contribution in [1.82, 2.24) is 9.55 Å². The Kier molecular flexibility index (Phi) is 7.02. The summed E-state index contributed by atoms with van der Waals surface area (Å²) in [6.07, 6.45) is 8.63. The lowest BCUT2D eigenvalue weighted by Crippen LogP contribution is -2.10. The Hall–Kier alpha value is -3.99. The molecular weight excluding hydrogens is 424 g/mol. The molecule has 0 aliphatic carbocycles. The number of benzene rings is 2. The Labute approximate surface area is 199 Å². The van der Waals surface area contributed by atoms with Crippen molar-refractivity contribution in [3.63, 3.8) is 0 Å². The molecule has 172 valence electrons. The molecule has 2 aromatic heterocycles. The van der Waals surface area contributed by atoms with Gasteiger partial charge in [0.15, 0.2) is 0 Å². The Morgan fingerprint density at radius 3 is 2.65 bits per heavy atom. The van der Waals surface area contributed by atoms with Gasteiger partial charge in [-0.15, -0.1) is 0 Å². The van der Waals surface area contributed by atoms with Crippen LogP contribution < -0.4 is 0 Å². The van der Waals surface area contributed by atoms with E-state index in [1.165, 1.54) is 0 Å². The van der Waals surface area contributed by atoms with Crippen LogP contribution >= 0.6 is 0 Å². The molecule has 1 atom stereocenters. The van der Waals surface area contributed by atoms with Gasteiger partial charge in [0.1, 0.15) is 0 Å². The van der Waals surface area contributed by atoms with Crippen LogP contribution in [-0.4, -0.2) is 26.4 Å². The molecule has 2 heterocycles. The molecule has 5 nitrogen and oxygen atoms in total. The van der Waals surface area contributed by atoms with Crippen LogP contribution in [0.2, 0.25) is 0 Å². The van der Waals surface area contributed by atoms with Gasteiger partial charge in [-0.1, -0.05) is 61.0 Å². The number of pyridine rings is 1. The second kappa shape index (κ2) is 10.3. The number of carboxylic acids is 1. The zero-order chi connectivity index (χ0) is 24.1. The second-order valence-electron chi connectivity index (χ2n) is 8.74. The highest BCUT2D eigenvalue weighted by atomic mass is 16.4. The minimum absolute atomic E-state index is 0.00211. The Balaban J connectivity index is 1.58. The number of hydrogen-bond donors (Lipinski definition) is 1. The minimum atomic E-state index is -0.774. The van der Waals surface area contributed by atoms with Crippen LogP contribution in [0.4, 0.5) is 0 Å². The zero-order valence-corrected chi connectivity index (χ0v) is 19.4. The van der Waals surface area contributed by atoms with Gasteiger partial charge in [-0.2, -0.15) is 0 Å². The number of allylic oxidation sites excluding steroid dienone is 1. The first-order valence-corrected chi connectivity index (χ1v) is 11.4. The summed E-state index contributed by atoms with van der Waals surface area (Å²) < 4.78 is 1.96. The average molecular weight is 453 g/mol. The van der Waals surface area contributed by atoms with Gasteiger partial charge in [-0.25, -0.2) is 0 Å². The smallest absolute Gasteiger partial charge is 0.303 e. The van der Waals surface area contributed by atoms with Crippen LogP contribution in [0.15, 0.2) is 79.1 Å². The van der Waals surface area contributed by atoms with E-state index in [1.54, 1.807) is 0 Å². The molecule has 1 N–H and O–H groups in total. The van der Waals surface area contributed by atoms with Gasteiger partial charge in [0.2, 0.25) is 5.78 Å². The average Bonchev–Trinajstić information content (AvgIpc) is 3.29. The lowest BCUT2D eigenvalue weighted by molar-refractivity contribution is -0.137. The van der Waals surface area contributed by atoms with Gasteiger partial charge in [0.05, 0.1) is 11.2 Å². The van der Waals surface area contributed by atoms with Crippen molar-refractivity contribution in [1.29, 1.82) is 0 Å². The molecular formula is C29H28N2O3. The summed E-state index contributed by atoms with van der Waals surface area (Å²) in [4.78, 5) is 28.5. The van der Waals surface area contributed by atoms with E-state index in [0.717, 1.165) is 27.6 Å². The molecule has 0 aliphatic rings. The zero-order valence-electron chi connectivity index (χ0n) is 19.4. The fraction of sp³-hybridized carbons (Fsp3) is 0.207. The third-order valence-corrected chi connectivity index (χ3v) is 5.96. The standard InChI is InChI=1S/C29H28N2O3/c1-20-9-13-24(14-10-20)29(34)27-7-4-16-31(27)19-22-17-25-23(5-3-6-26(25)30-18-22)12-8-21(2)11-15-28(32)33/h3-10,12-14,16-18,21H,11,15,19H2,1-2H3,(H,32,33)/b12-8+. The molecule has 4 rings (SSSR count). The summed E-state index contributed by atoms with van der Waals surface area (Å²) in [7, 11) is 0. The second-order valence-corrected chi connectivity index (χ2v) is 8.74. The van der Waals surface area contributed by atoms with E-state index in [-0.39, 0.29) is 18.1 Å². The van der Waals surface area contributed by atoms with Crippen molar-refractivity contribution >= 4 is 28.7 Å². The first-order chi connectivity index (χ1) is 16.4. The molecule has 1 unspecified atom stereocenters. The third kappa shape index (κ3) is 5.49. The van der Waals surface area contributed by atoms with E-state index in [1.807, 2.05) is 91.5 Å². The summed E-state index contributed by atoms with van der Waals surface area (Å²) in [5.74, 6) is -0.611. The molecule has 0 saturated carbocycles. The summed E-state index contributed by atoms with van der Waals surface area (Å²) in [6.45, 7) is 4.56. The maximum absolute atomic E-state index is 13.1. The quantitative estimate of drug-likeness (QED) is 0.310. The van der Waals surface area contributed by atoms with E-state index < -0.39 is 5.97 Å². The van der Waals surface area contributed by atoms with E-state index in [4.69, 9.17) is 5.11 Å². The molecule has 4 aromatic rings. The molecule has 34 heavy (non-hydrogen) atoms. The van der Waals surface area contributed by atoms with Crippen molar-refractivity contribution < 1.29 is 14.7 Å². The first kappa shape index (κ1) is 23.2. The van der Waals surface area contributed by atoms with Gasteiger partial charge in [0, 0.05) is 36.3 Å². The molecule has 0 amide bonds. The topological polar surface area (TPSA) is 72.2 Å². The van der Waals surface area contributed by atoms with Crippen LogP contribution in [0, 0.1) is 12.8 Å². The number of hydrogen-bond acceptors (Lipinski definition) is 3. The number of fused-ring (bicyclic) bond motifs is 1. The summed E-state index contributed by atoms with van der Waals surface area (Å²) >= 11 is 0. The molecule has 0 radical (unpaired) electrons. The van der Waals surface area contributed by atoms with Gasteiger partial charge >= 0.3 is 5.97 Å². The predicted molar refractivity (Wildman–Crippen MR) is 135 cm³/mol. The summed E-state index contributed by atoms with van der Waals surface area (Å²) in [5, 5.41) is 9.93. The lowest BCUT2D eigenvalue weighted by atomic mass is 10.0. The normalized spacial score (nSPS) is 12.3. The lowest BCUT2D eigenvalue weighted by Gasteiger charge is -2.11. The van der Waals surface area contributed by atoms with Crippen LogP contribution in [-0.2, 0) is 11.3 Å². The third-order valence-electron chi connectivity index (χ3n) is 5.96. The highest BCUT2D eigenvalue weighted by molar-refractivity contribution is 6.08. The maximum Gasteiger partial charge on any atom is 0.303 e. The largest absolute Gasteiger partial charge is 0.481 e. The minimum Gasteiger partial charge on any atom is -0.481 e. The van der Waals surface area contributed by atoms with Gasteiger partial charge in [0.25, 0.3) is 0 Å². The van der Waals surface area contributed by atoms with Crippen LogP contribution in [0.5, 0.6) is 0 Å². The van der Waals surface area contributed by atoms with Gasteiger partial charge in [-0.05, 0) is 54.7 Å². The van der Waals surface area contributed by atoms with Gasteiger partial charge < -0.3 is 9.67 Å². The number of rotatable bonds is 9. The summed E-state index contributed by atoms with van der Waals surface area (Å²) in [6, 6.07) is 19.5. The number of ketones is 1. The monoisotopic (exact) mass is 452 g/mol. The molecule has 2 aromatic carbocycles. The Bertz CT molecular complexity index is 1350. The Morgan fingerprint density at radius 2 is 1.88 bits per heavy atom. The highest BCUT2D eigenvalue weighted by Gasteiger charge is 2.14. The van der Waals surface area contributed by atoms with E-state index in [2.05, 4.69) is 17.1 Å². The first-order valence-electron chi connectivity index (χ1n) is 11.4. The number of aromatic nitrogens is 2. The molecule has 0 spiro atoms. The predicted octanol–water partition coefficient (Wildman–Crippen LogP) is 6.14. The summed E-state index contributed by atoms with van der Waals surface area (Å²) in [5.41, 5.74) is 5.37. The number of carboxylic acid groups (broad SMARTS) is 1. The van der Waals surface area contributed by atoms with E-state index in [9.17, 15) is 9.59 Å². The Morgan fingerprint density at radius 1 is 1.09 bits per heavy atom. The number of carbonyl (C=O) groups excluding carboxylic acids is 1. The van der Waals surface area contributed by atoms with Crippen molar-refractivity contribution in [2.45, 2.75) is 33.2 Å². The highest BCUT2D eigenvalue weighted by Crippen LogP contribution is 2.22. The number of aliphatic carboxylic acids is 1. The fourth-order valence-electron chi connectivity index (χ4n) is 3.97. The van der Waals surface area contributed by atoms with E-state index >= 15 is 0 Å². The number of nitrogens with zero attached hydrogens (tertiary/aromatic N) is 2. The van der Waals surface area contributed by atoms with Crippen LogP contribution in [0.3, 0.4) is 0 Å². The molecule has 0 bridgehead atoms. The van der Waals surface area contributed by atoms with Crippen molar-refractivity contribution in [2.75, 3.05) is 0 Å². The SMILES string of the molecule is Cc1ccc(C(=O)c2cccn2Cc2cnc3cccc(/C=C/C(C)CCC(=O)O)c3c2)cc1. The molecule has 0 fully saturated rings. The van der Waals surface area contributed by atoms with Crippen molar-refractivity contribution in [2.24, 2.45) is 5.92 Å². The number of carbonyl (C=O) groups is 2. The fourth-order valence-corrected chi connectivity index (χ4v) is 3.97. The van der Waals surface area contributed by atoms with Gasteiger partial charge in [-0.3, -0.25) is 14.6 Å². The maximum atomic E-state index is 13.1. The molecule has 0 aliphatic heterocycles. The number of aryl methyl sites for hydroxylation is 1. The van der Waals surface area contributed by atoms with Crippen LogP contribution in [0.1, 0.15) is 52.5 Å². The van der Waals surface area contributed by atoms with Crippen molar-refractivity contribution in [3.8, 4) is 0 Å². The van der Waals surface area contributed by atoms with Crippen molar-refractivity contribution in [3.05, 3.63) is 107 Å². The molecule has 5 heteroatoms. The van der Waals surface area contributed by atoms with Crippen LogP contribution in [0.25, 0.3) is 17.0 Å². The van der Waals surface area contributed by atoms with E-state index in [0.29, 0.717) is 24.2 Å².